The summed E-state index contributed by atoms with van der Waals surface area (Å²) in [6, 6.07) is 15.3. The Bertz CT molecular complexity index is 607. The first kappa shape index (κ1) is 14.4. The van der Waals surface area contributed by atoms with Crippen LogP contribution in [0.2, 0.25) is 5.02 Å². The van der Waals surface area contributed by atoms with Crippen LogP contribution in [-0.2, 0) is 0 Å². The molecule has 2 rings (SSSR count). The predicted octanol–water partition coefficient (Wildman–Crippen LogP) is 4.56. The van der Waals surface area contributed by atoms with Gasteiger partial charge in [-0.3, -0.25) is 0 Å². The van der Waals surface area contributed by atoms with Crippen molar-refractivity contribution in [3.05, 3.63) is 64.9 Å². The van der Waals surface area contributed by atoms with Crippen molar-refractivity contribution in [3.8, 4) is 11.8 Å². The maximum Gasteiger partial charge on any atom is 0.123 e. The molecule has 0 aromatic heterocycles. The molecule has 102 valence electrons. The van der Waals surface area contributed by atoms with Gasteiger partial charge in [-0.2, -0.15) is 5.26 Å². The third-order valence-corrected chi connectivity index (χ3v) is 3.15. The van der Waals surface area contributed by atoms with E-state index in [1.165, 1.54) is 12.1 Å². The first-order valence-corrected chi connectivity index (χ1v) is 6.60. The van der Waals surface area contributed by atoms with E-state index in [1.807, 2.05) is 0 Å². The standard InChI is InChI=1S/C16H13ClFNO/c17-14-4-6-16(7-5-14)20-9-8-13(11-19)12-2-1-3-15(18)10-12/h1-7,10,13H,8-9H2. The van der Waals surface area contributed by atoms with E-state index >= 15 is 0 Å². The van der Waals surface area contributed by atoms with Crippen LogP contribution in [-0.4, -0.2) is 6.61 Å². The predicted molar refractivity (Wildman–Crippen MR) is 76.3 cm³/mol. The number of rotatable bonds is 5. The Morgan fingerprint density at radius 2 is 1.95 bits per heavy atom. The number of ether oxygens (including phenoxy) is 1. The zero-order valence-electron chi connectivity index (χ0n) is 10.7. The Kier molecular flexibility index (Phi) is 4.97. The zero-order chi connectivity index (χ0) is 14.4. The summed E-state index contributed by atoms with van der Waals surface area (Å²) in [6.45, 7) is 0.385. The van der Waals surface area contributed by atoms with E-state index < -0.39 is 0 Å². The average Bonchev–Trinajstić information content (AvgIpc) is 2.45. The molecule has 20 heavy (non-hydrogen) atoms. The third kappa shape index (κ3) is 3.97. The summed E-state index contributed by atoms with van der Waals surface area (Å²) in [5, 5.41) is 9.80. The number of nitriles is 1. The summed E-state index contributed by atoms with van der Waals surface area (Å²) in [4.78, 5) is 0. The van der Waals surface area contributed by atoms with Gasteiger partial charge in [-0.15, -0.1) is 0 Å². The molecule has 4 heteroatoms. The minimum absolute atomic E-state index is 0.332. The van der Waals surface area contributed by atoms with Crippen LogP contribution in [0, 0.1) is 17.1 Å². The monoisotopic (exact) mass is 289 g/mol. The molecule has 0 aliphatic carbocycles. The molecule has 1 unspecified atom stereocenters. The van der Waals surface area contributed by atoms with Gasteiger partial charge < -0.3 is 4.74 Å². The van der Waals surface area contributed by atoms with Crippen molar-refractivity contribution in [2.45, 2.75) is 12.3 Å². The van der Waals surface area contributed by atoms with E-state index in [9.17, 15) is 4.39 Å². The lowest BCUT2D eigenvalue weighted by molar-refractivity contribution is 0.306. The highest BCUT2D eigenvalue weighted by molar-refractivity contribution is 6.30. The lowest BCUT2D eigenvalue weighted by Crippen LogP contribution is -2.04. The zero-order valence-corrected chi connectivity index (χ0v) is 11.5. The molecule has 2 aromatic carbocycles. The second kappa shape index (κ2) is 6.93. The van der Waals surface area contributed by atoms with Gasteiger partial charge in [0.25, 0.3) is 0 Å². The highest BCUT2D eigenvalue weighted by atomic mass is 35.5. The van der Waals surface area contributed by atoms with Crippen LogP contribution >= 0.6 is 11.6 Å². The van der Waals surface area contributed by atoms with E-state index in [1.54, 1.807) is 36.4 Å². The van der Waals surface area contributed by atoms with Crippen molar-refractivity contribution >= 4 is 11.6 Å². The summed E-state index contributed by atoms with van der Waals surface area (Å²) in [6.07, 6.45) is 0.503. The molecule has 2 nitrogen and oxygen atoms in total. The topological polar surface area (TPSA) is 33.0 Å². The molecule has 0 spiro atoms. The second-order valence-corrected chi connectivity index (χ2v) is 4.76. The van der Waals surface area contributed by atoms with Crippen LogP contribution in [0.15, 0.2) is 48.5 Å². The number of benzene rings is 2. The number of nitrogens with zero attached hydrogens (tertiary/aromatic N) is 1. The fourth-order valence-electron chi connectivity index (χ4n) is 1.85. The lowest BCUT2D eigenvalue weighted by Gasteiger charge is -2.11. The maximum atomic E-state index is 13.1. The van der Waals surface area contributed by atoms with E-state index in [-0.39, 0.29) is 11.7 Å². The number of hydrogen-bond acceptors (Lipinski definition) is 2. The Balaban J connectivity index is 1.92. The molecule has 0 N–H and O–H groups in total. The largest absolute Gasteiger partial charge is 0.494 e. The molecule has 0 heterocycles. The third-order valence-electron chi connectivity index (χ3n) is 2.90. The molecule has 0 aliphatic rings. The summed E-state index contributed by atoms with van der Waals surface area (Å²) in [7, 11) is 0. The van der Waals surface area contributed by atoms with E-state index in [0.717, 1.165) is 0 Å². The SMILES string of the molecule is N#CC(CCOc1ccc(Cl)cc1)c1cccc(F)c1. The molecule has 0 bridgehead atoms. The van der Waals surface area contributed by atoms with Crippen molar-refractivity contribution < 1.29 is 9.13 Å². The van der Waals surface area contributed by atoms with Crippen molar-refractivity contribution in [1.29, 1.82) is 5.26 Å². The molecule has 0 amide bonds. The minimum Gasteiger partial charge on any atom is -0.494 e. The highest BCUT2D eigenvalue weighted by Gasteiger charge is 2.11. The van der Waals surface area contributed by atoms with Crippen LogP contribution in [0.3, 0.4) is 0 Å². The second-order valence-electron chi connectivity index (χ2n) is 4.33. The van der Waals surface area contributed by atoms with Gasteiger partial charge in [0.15, 0.2) is 0 Å². The average molecular weight is 290 g/mol. The van der Waals surface area contributed by atoms with Crippen LogP contribution < -0.4 is 4.74 Å². The van der Waals surface area contributed by atoms with Gasteiger partial charge in [0.1, 0.15) is 11.6 Å². The maximum absolute atomic E-state index is 13.1. The van der Waals surface area contributed by atoms with Crippen molar-refractivity contribution in [1.82, 2.24) is 0 Å². The first-order chi connectivity index (χ1) is 9.69. The Morgan fingerprint density at radius 3 is 2.60 bits per heavy atom. The van der Waals surface area contributed by atoms with Gasteiger partial charge in [-0.1, -0.05) is 23.7 Å². The van der Waals surface area contributed by atoms with Gasteiger partial charge in [0.05, 0.1) is 18.6 Å². The molecule has 0 fully saturated rings. The summed E-state index contributed by atoms with van der Waals surface area (Å²) in [5.41, 5.74) is 0.673. The van der Waals surface area contributed by atoms with Gasteiger partial charge in [0, 0.05) is 11.4 Å². The summed E-state index contributed by atoms with van der Waals surface area (Å²) in [5.74, 6) is -0.00954. The number of halogens is 2. The molecule has 2 aromatic rings. The Hall–Kier alpha value is -2.05. The van der Waals surface area contributed by atoms with Crippen LogP contribution in [0.5, 0.6) is 5.75 Å². The number of hydrogen-bond donors (Lipinski definition) is 0. The van der Waals surface area contributed by atoms with Gasteiger partial charge in [-0.05, 0) is 42.0 Å². The molecular weight excluding hydrogens is 277 g/mol. The van der Waals surface area contributed by atoms with E-state index in [0.29, 0.717) is 29.4 Å². The van der Waals surface area contributed by atoms with Crippen molar-refractivity contribution in [3.63, 3.8) is 0 Å². The van der Waals surface area contributed by atoms with Gasteiger partial charge in [0.2, 0.25) is 0 Å². The molecular formula is C16H13ClFNO. The first-order valence-electron chi connectivity index (χ1n) is 6.22. The lowest BCUT2D eigenvalue weighted by atomic mass is 9.98. The molecule has 1 atom stereocenters. The van der Waals surface area contributed by atoms with Crippen molar-refractivity contribution in [2.75, 3.05) is 6.61 Å². The van der Waals surface area contributed by atoms with Crippen molar-refractivity contribution in [2.24, 2.45) is 0 Å². The normalized spacial score (nSPS) is 11.7. The highest BCUT2D eigenvalue weighted by Crippen LogP contribution is 2.21. The molecule has 0 aliphatic heterocycles. The Labute approximate surface area is 122 Å². The van der Waals surface area contributed by atoms with Crippen LogP contribution in [0.4, 0.5) is 4.39 Å². The fourth-order valence-corrected chi connectivity index (χ4v) is 1.98. The summed E-state index contributed by atoms with van der Waals surface area (Å²) >= 11 is 5.78. The smallest absolute Gasteiger partial charge is 0.123 e. The summed E-state index contributed by atoms with van der Waals surface area (Å²) < 4.78 is 18.7. The van der Waals surface area contributed by atoms with Crippen LogP contribution in [0.1, 0.15) is 17.9 Å². The Morgan fingerprint density at radius 1 is 1.20 bits per heavy atom. The quantitative estimate of drug-likeness (QED) is 0.808. The fraction of sp³-hybridized carbons (Fsp3) is 0.188. The molecule has 0 saturated heterocycles. The van der Waals surface area contributed by atoms with Gasteiger partial charge >= 0.3 is 0 Å². The van der Waals surface area contributed by atoms with Crippen LogP contribution in [0.25, 0.3) is 0 Å². The van der Waals surface area contributed by atoms with Gasteiger partial charge in [-0.25, -0.2) is 4.39 Å². The van der Waals surface area contributed by atoms with E-state index in [4.69, 9.17) is 21.6 Å². The molecule has 0 saturated carbocycles. The minimum atomic E-state index is -0.377. The van der Waals surface area contributed by atoms with E-state index in [2.05, 4.69) is 6.07 Å². The molecule has 0 radical (unpaired) electrons.